The lowest BCUT2D eigenvalue weighted by atomic mass is 9.99. The first-order valence-corrected chi connectivity index (χ1v) is 10.2. The fourth-order valence-electron chi connectivity index (χ4n) is 3.78. The lowest BCUT2D eigenvalue weighted by molar-refractivity contribution is -0.123. The second-order valence-corrected chi connectivity index (χ2v) is 7.48. The predicted molar refractivity (Wildman–Crippen MR) is 124 cm³/mol. The predicted octanol–water partition coefficient (Wildman–Crippen LogP) is 2.29. The van der Waals surface area contributed by atoms with E-state index in [2.05, 4.69) is 21.3 Å². The summed E-state index contributed by atoms with van der Waals surface area (Å²) in [5, 5.41) is 7.78. The highest BCUT2D eigenvalue weighted by molar-refractivity contribution is 5.99. The van der Waals surface area contributed by atoms with E-state index in [0.717, 1.165) is 27.9 Å². The number of fused-ring (bicyclic) bond motifs is 1. The molecule has 2 aromatic heterocycles. The molecule has 2 amide bonds. The summed E-state index contributed by atoms with van der Waals surface area (Å²) in [6, 6.07) is 7.05. The molecule has 0 aliphatic carbocycles. The molecule has 0 aliphatic heterocycles. The Bertz CT molecular complexity index is 1220. The van der Waals surface area contributed by atoms with Crippen LogP contribution in [0, 0.1) is 26.2 Å². The summed E-state index contributed by atoms with van der Waals surface area (Å²) in [6.07, 6.45) is 6.18. The van der Waals surface area contributed by atoms with Crippen molar-refractivity contribution < 1.29 is 14.3 Å². The Morgan fingerprint density at radius 2 is 2.06 bits per heavy atom. The third kappa shape index (κ3) is 4.42. The van der Waals surface area contributed by atoms with E-state index in [1.807, 2.05) is 20.9 Å². The van der Waals surface area contributed by atoms with Crippen LogP contribution in [0.1, 0.15) is 28.8 Å². The Hall–Kier alpha value is -3.86. The molecule has 0 aliphatic rings. The first-order valence-electron chi connectivity index (χ1n) is 10.2. The molecule has 0 saturated heterocycles. The summed E-state index contributed by atoms with van der Waals surface area (Å²) in [7, 11) is 4.93. The van der Waals surface area contributed by atoms with Crippen LogP contribution in [-0.4, -0.2) is 47.3 Å². The van der Waals surface area contributed by atoms with Crippen LogP contribution >= 0.6 is 0 Å². The van der Waals surface area contributed by atoms with Crippen molar-refractivity contribution in [2.24, 2.45) is 7.05 Å². The van der Waals surface area contributed by atoms with Crippen LogP contribution in [-0.2, 0) is 23.1 Å². The number of amides is 2. The molecule has 166 valence electrons. The Labute approximate surface area is 187 Å². The average Bonchev–Trinajstić information content (AvgIpc) is 3.12. The van der Waals surface area contributed by atoms with Gasteiger partial charge in [0, 0.05) is 37.5 Å². The number of anilines is 1. The van der Waals surface area contributed by atoms with Crippen molar-refractivity contribution in [3.8, 4) is 18.2 Å². The van der Waals surface area contributed by atoms with Gasteiger partial charge in [0.15, 0.2) is 5.65 Å². The largest absolute Gasteiger partial charge is 0.479 e. The second-order valence-electron chi connectivity index (χ2n) is 7.48. The van der Waals surface area contributed by atoms with Crippen molar-refractivity contribution in [1.29, 1.82) is 0 Å². The van der Waals surface area contributed by atoms with Crippen molar-refractivity contribution in [3.63, 3.8) is 0 Å². The quantitative estimate of drug-likeness (QED) is 0.578. The van der Waals surface area contributed by atoms with Gasteiger partial charge in [-0.15, -0.1) is 11.5 Å². The zero-order chi connectivity index (χ0) is 23.4. The molecule has 3 rings (SSSR count). The van der Waals surface area contributed by atoms with Crippen LogP contribution in [0.2, 0.25) is 0 Å². The molecule has 0 unspecified atom stereocenters. The van der Waals surface area contributed by atoms with E-state index in [-0.39, 0.29) is 24.8 Å². The summed E-state index contributed by atoms with van der Waals surface area (Å²) in [6.45, 7) is 3.82. The van der Waals surface area contributed by atoms with Crippen LogP contribution in [0.3, 0.4) is 0 Å². The van der Waals surface area contributed by atoms with E-state index in [0.29, 0.717) is 23.6 Å². The number of pyridine rings is 1. The minimum absolute atomic E-state index is 0.0883. The molecule has 8 nitrogen and oxygen atoms in total. The number of carbonyl (C=O) groups is 2. The van der Waals surface area contributed by atoms with Crippen LogP contribution < -0.4 is 15.0 Å². The molecule has 0 saturated carbocycles. The maximum atomic E-state index is 13.2. The Balaban J connectivity index is 1.91. The Kier molecular flexibility index (Phi) is 6.79. The first kappa shape index (κ1) is 22.8. The number of benzene rings is 1. The van der Waals surface area contributed by atoms with Gasteiger partial charge in [-0.3, -0.25) is 9.59 Å². The zero-order valence-corrected chi connectivity index (χ0v) is 19.0. The lowest BCUT2D eigenvalue weighted by Crippen LogP contribution is -2.40. The van der Waals surface area contributed by atoms with Crippen LogP contribution in [0.4, 0.5) is 5.69 Å². The molecule has 0 bridgehead atoms. The Morgan fingerprint density at radius 1 is 1.31 bits per heavy atom. The summed E-state index contributed by atoms with van der Waals surface area (Å²) >= 11 is 0. The molecule has 0 fully saturated rings. The van der Waals surface area contributed by atoms with Gasteiger partial charge < -0.3 is 15.0 Å². The van der Waals surface area contributed by atoms with Crippen LogP contribution in [0.5, 0.6) is 5.88 Å². The van der Waals surface area contributed by atoms with Gasteiger partial charge >= 0.3 is 0 Å². The molecular formula is C24H27N5O3. The van der Waals surface area contributed by atoms with Crippen molar-refractivity contribution in [2.75, 3.05) is 25.6 Å². The van der Waals surface area contributed by atoms with E-state index >= 15 is 0 Å². The van der Waals surface area contributed by atoms with E-state index in [1.165, 1.54) is 11.9 Å². The molecule has 0 atom stereocenters. The van der Waals surface area contributed by atoms with E-state index in [1.54, 1.807) is 36.1 Å². The third-order valence-electron chi connectivity index (χ3n) is 5.51. The van der Waals surface area contributed by atoms with E-state index in [9.17, 15) is 9.59 Å². The number of carbonyl (C=O) groups excluding carboxylic acids is 2. The van der Waals surface area contributed by atoms with Gasteiger partial charge in [0.05, 0.1) is 12.5 Å². The van der Waals surface area contributed by atoms with Gasteiger partial charge in [-0.25, -0.2) is 9.67 Å². The van der Waals surface area contributed by atoms with Gasteiger partial charge in [-0.1, -0.05) is 12.0 Å². The smallest absolute Gasteiger partial charge is 0.242 e. The molecule has 0 spiro atoms. The van der Waals surface area contributed by atoms with E-state index < -0.39 is 0 Å². The number of ether oxygens (including phenoxy) is 1. The molecule has 32 heavy (non-hydrogen) atoms. The summed E-state index contributed by atoms with van der Waals surface area (Å²) in [4.78, 5) is 31.4. The highest BCUT2D eigenvalue weighted by atomic mass is 16.5. The van der Waals surface area contributed by atoms with Gasteiger partial charge in [0.2, 0.25) is 17.7 Å². The fourth-order valence-corrected chi connectivity index (χ4v) is 3.78. The van der Waals surface area contributed by atoms with Crippen molar-refractivity contribution >= 4 is 28.5 Å². The normalized spacial score (nSPS) is 10.6. The van der Waals surface area contributed by atoms with Crippen LogP contribution in [0.25, 0.3) is 11.0 Å². The van der Waals surface area contributed by atoms with Gasteiger partial charge in [0.25, 0.3) is 0 Å². The van der Waals surface area contributed by atoms with E-state index in [4.69, 9.17) is 11.2 Å². The number of hydrogen-bond acceptors (Lipinski definition) is 5. The second kappa shape index (κ2) is 9.52. The highest BCUT2D eigenvalue weighted by Crippen LogP contribution is 2.30. The number of nitrogens with one attached hydrogen (secondary N) is 1. The van der Waals surface area contributed by atoms with Crippen molar-refractivity contribution in [2.45, 2.75) is 26.7 Å². The first-order chi connectivity index (χ1) is 15.3. The number of methoxy groups -OCH3 is 1. The summed E-state index contributed by atoms with van der Waals surface area (Å²) in [5.74, 6) is 2.63. The monoisotopic (exact) mass is 433 g/mol. The number of likely N-dealkylation sites (N-methyl/N-ethyl adjacent to an activating group) is 1. The molecule has 3 aromatic rings. The van der Waals surface area contributed by atoms with Crippen LogP contribution in [0.15, 0.2) is 24.3 Å². The Morgan fingerprint density at radius 3 is 2.72 bits per heavy atom. The SMILES string of the molecule is C#Cc1cccc(N(CC(=O)NC)C(=O)CCc2c(C)nc3c(c(OC)nn3C)c2C)c1. The van der Waals surface area contributed by atoms with Crippen molar-refractivity contribution in [1.82, 2.24) is 20.1 Å². The topological polar surface area (TPSA) is 89.3 Å². The fraction of sp³-hybridized carbons (Fsp3) is 0.333. The molecular weight excluding hydrogens is 406 g/mol. The van der Waals surface area contributed by atoms with Crippen molar-refractivity contribution in [3.05, 3.63) is 46.6 Å². The number of aryl methyl sites for hydroxylation is 3. The highest BCUT2D eigenvalue weighted by Gasteiger charge is 2.22. The number of rotatable bonds is 7. The minimum Gasteiger partial charge on any atom is -0.479 e. The number of terminal acetylenes is 1. The lowest BCUT2D eigenvalue weighted by Gasteiger charge is -2.23. The molecule has 2 heterocycles. The number of nitrogens with zero attached hydrogens (tertiary/aromatic N) is 4. The minimum atomic E-state index is -0.264. The zero-order valence-electron chi connectivity index (χ0n) is 19.0. The van der Waals surface area contributed by atoms with Gasteiger partial charge in [-0.2, -0.15) is 0 Å². The molecule has 1 N–H and O–H groups in total. The number of aromatic nitrogens is 3. The summed E-state index contributed by atoms with van der Waals surface area (Å²) < 4.78 is 7.10. The average molecular weight is 434 g/mol. The third-order valence-corrected chi connectivity index (χ3v) is 5.51. The maximum absolute atomic E-state index is 13.2. The summed E-state index contributed by atoms with van der Waals surface area (Å²) in [5.41, 5.74) is 4.75. The standard InChI is InChI=1S/C24H27N5O3/c1-7-17-9-8-10-18(13-17)29(14-20(30)25-4)21(31)12-11-19-15(2)22-23(26-16(19)3)28(5)27-24(22)32-6/h1,8-10,13H,11-12,14H2,2-6H3,(H,25,30). The molecule has 0 radical (unpaired) electrons. The molecule has 8 heteroatoms. The molecule has 1 aromatic carbocycles. The maximum Gasteiger partial charge on any atom is 0.242 e. The number of hydrogen-bond donors (Lipinski definition) is 1. The van der Waals surface area contributed by atoms with Gasteiger partial charge in [-0.05, 0) is 49.6 Å². The van der Waals surface area contributed by atoms with Gasteiger partial charge in [0.1, 0.15) is 6.54 Å².